The van der Waals surface area contributed by atoms with E-state index in [0.717, 1.165) is 33.6 Å². The highest BCUT2D eigenvalue weighted by Gasteiger charge is 2.14. The van der Waals surface area contributed by atoms with Crippen LogP contribution in [0, 0.1) is 13.8 Å². The Labute approximate surface area is 144 Å². The van der Waals surface area contributed by atoms with Crippen molar-refractivity contribution in [2.45, 2.75) is 33.2 Å². The summed E-state index contributed by atoms with van der Waals surface area (Å²) >= 11 is 6.27. The third-order valence-electron chi connectivity index (χ3n) is 4.14. The lowest BCUT2D eigenvalue weighted by Gasteiger charge is -2.04. The van der Waals surface area contributed by atoms with Crippen LogP contribution >= 0.6 is 11.6 Å². The third kappa shape index (κ3) is 3.14. The van der Waals surface area contributed by atoms with Crippen molar-refractivity contribution in [1.82, 2.24) is 20.3 Å². The van der Waals surface area contributed by atoms with Gasteiger partial charge >= 0.3 is 0 Å². The molecule has 6 nitrogen and oxygen atoms in total. The number of benzene rings is 1. The minimum Gasteiger partial charge on any atom is -0.361 e. The van der Waals surface area contributed by atoms with Gasteiger partial charge in [-0.2, -0.15) is 5.10 Å². The fraction of sp³-hybridized carbons (Fsp3) is 0.353. The fourth-order valence-electron chi connectivity index (χ4n) is 2.84. The number of nitrogens with one attached hydrogen (secondary N) is 1. The number of halogens is 1. The largest absolute Gasteiger partial charge is 0.361 e. The van der Waals surface area contributed by atoms with Crippen molar-refractivity contribution in [3.05, 3.63) is 45.9 Å². The average Bonchev–Trinajstić information content (AvgIpc) is 3.05. The molecule has 126 valence electrons. The second kappa shape index (κ2) is 6.65. The number of fused-ring (bicyclic) bond motifs is 1. The average molecular weight is 347 g/mol. The number of amides is 1. The monoisotopic (exact) mass is 346 g/mol. The van der Waals surface area contributed by atoms with Gasteiger partial charge in [0.1, 0.15) is 5.76 Å². The van der Waals surface area contributed by atoms with Gasteiger partial charge in [0.05, 0.1) is 28.5 Å². The highest BCUT2D eigenvalue weighted by molar-refractivity contribution is 6.35. The molecule has 0 unspecified atom stereocenters. The number of nitrogens with zero attached hydrogens (tertiary/aromatic N) is 3. The van der Waals surface area contributed by atoms with E-state index in [0.29, 0.717) is 24.4 Å². The number of hydrogen-bond acceptors (Lipinski definition) is 4. The molecule has 2 aromatic heterocycles. The first-order valence-corrected chi connectivity index (χ1v) is 8.13. The van der Waals surface area contributed by atoms with Crippen LogP contribution in [0.5, 0.6) is 0 Å². The highest BCUT2D eigenvalue weighted by atomic mass is 35.5. The van der Waals surface area contributed by atoms with Crippen molar-refractivity contribution in [2.24, 2.45) is 7.05 Å². The van der Waals surface area contributed by atoms with Crippen LogP contribution < -0.4 is 5.32 Å². The smallest absolute Gasteiger partial charge is 0.220 e. The molecule has 0 saturated heterocycles. The predicted octanol–water partition coefficient (Wildman–Crippen LogP) is 3.08. The van der Waals surface area contributed by atoms with Gasteiger partial charge in [-0.3, -0.25) is 9.48 Å². The van der Waals surface area contributed by atoms with E-state index in [1.54, 1.807) is 4.68 Å². The van der Waals surface area contributed by atoms with Crippen molar-refractivity contribution < 1.29 is 9.32 Å². The van der Waals surface area contributed by atoms with Crippen LogP contribution in [-0.2, 0) is 24.8 Å². The molecule has 3 aromatic rings. The standard InChI is InChI=1S/C17H19ClN4O2/c1-10-12(11(2)24-21-10)7-8-16(23)19-9-14-17-13(18)5-4-6-15(17)22(3)20-14/h4-6H,7-9H2,1-3H3,(H,19,23). The molecular formula is C17H19ClN4O2. The Hall–Kier alpha value is -2.34. The summed E-state index contributed by atoms with van der Waals surface area (Å²) < 4.78 is 6.88. The first-order valence-electron chi connectivity index (χ1n) is 7.76. The topological polar surface area (TPSA) is 73.0 Å². The number of hydrogen-bond donors (Lipinski definition) is 1. The summed E-state index contributed by atoms with van der Waals surface area (Å²) in [6.45, 7) is 4.09. The number of carbonyl (C=O) groups is 1. The molecule has 0 atom stereocenters. The van der Waals surface area contributed by atoms with Crippen LogP contribution in [0.25, 0.3) is 10.9 Å². The summed E-state index contributed by atoms with van der Waals surface area (Å²) in [6.07, 6.45) is 0.984. The van der Waals surface area contributed by atoms with Gasteiger partial charge in [-0.1, -0.05) is 22.8 Å². The summed E-state index contributed by atoms with van der Waals surface area (Å²) in [5.41, 5.74) is 3.55. The third-order valence-corrected chi connectivity index (χ3v) is 4.45. The van der Waals surface area contributed by atoms with E-state index >= 15 is 0 Å². The Morgan fingerprint density at radius 1 is 1.38 bits per heavy atom. The van der Waals surface area contributed by atoms with Crippen molar-refractivity contribution in [3.8, 4) is 0 Å². The van der Waals surface area contributed by atoms with Gasteiger partial charge in [-0.25, -0.2) is 0 Å². The number of carbonyl (C=O) groups excluding carboxylic acids is 1. The second-order valence-corrected chi connectivity index (χ2v) is 6.19. The fourth-order valence-corrected chi connectivity index (χ4v) is 3.12. The molecule has 0 fully saturated rings. The Morgan fingerprint density at radius 3 is 2.88 bits per heavy atom. The van der Waals surface area contributed by atoms with Gasteiger partial charge in [-0.15, -0.1) is 0 Å². The predicted molar refractivity (Wildman–Crippen MR) is 91.9 cm³/mol. The molecule has 0 aliphatic carbocycles. The SMILES string of the molecule is Cc1noc(C)c1CCC(=O)NCc1nn(C)c2cccc(Cl)c12. The Bertz CT molecular complexity index is 878. The maximum Gasteiger partial charge on any atom is 0.220 e. The normalized spacial score (nSPS) is 11.2. The van der Waals surface area contributed by atoms with Crippen molar-refractivity contribution in [1.29, 1.82) is 0 Å². The van der Waals surface area contributed by atoms with Crippen molar-refractivity contribution >= 4 is 28.4 Å². The zero-order chi connectivity index (χ0) is 17.3. The van der Waals surface area contributed by atoms with Gasteiger partial charge in [-0.05, 0) is 32.4 Å². The lowest BCUT2D eigenvalue weighted by molar-refractivity contribution is -0.121. The minimum absolute atomic E-state index is 0.0409. The quantitative estimate of drug-likeness (QED) is 0.770. The van der Waals surface area contributed by atoms with Gasteiger partial charge in [0.2, 0.25) is 5.91 Å². The molecular weight excluding hydrogens is 328 g/mol. The van der Waals surface area contributed by atoms with Crippen molar-refractivity contribution in [2.75, 3.05) is 0 Å². The summed E-state index contributed by atoms with van der Waals surface area (Å²) in [6, 6.07) is 5.67. The molecule has 0 aliphatic heterocycles. The summed E-state index contributed by atoms with van der Waals surface area (Å²) in [5, 5.41) is 12.8. The summed E-state index contributed by atoms with van der Waals surface area (Å²) in [5.74, 6) is 0.726. The van der Waals surface area contributed by atoms with E-state index in [-0.39, 0.29) is 5.91 Å². The number of rotatable bonds is 5. The summed E-state index contributed by atoms with van der Waals surface area (Å²) in [7, 11) is 1.86. The zero-order valence-electron chi connectivity index (χ0n) is 13.9. The molecule has 1 N–H and O–H groups in total. The molecule has 1 aromatic carbocycles. The van der Waals surface area contributed by atoms with Gasteiger partial charge in [0.25, 0.3) is 0 Å². The Kier molecular flexibility index (Phi) is 4.57. The lowest BCUT2D eigenvalue weighted by atomic mass is 10.1. The molecule has 7 heteroatoms. The lowest BCUT2D eigenvalue weighted by Crippen LogP contribution is -2.23. The minimum atomic E-state index is -0.0409. The van der Waals surface area contributed by atoms with E-state index in [1.165, 1.54) is 0 Å². The van der Waals surface area contributed by atoms with Crippen LogP contribution in [0.1, 0.15) is 29.1 Å². The Balaban J connectivity index is 1.65. The molecule has 0 saturated carbocycles. The van der Waals surface area contributed by atoms with E-state index in [9.17, 15) is 4.79 Å². The second-order valence-electron chi connectivity index (χ2n) is 5.78. The maximum absolute atomic E-state index is 12.1. The molecule has 24 heavy (non-hydrogen) atoms. The van der Waals surface area contributed by atoms with E-state index in [1.807, 2.05) is 39.1 Å². The number of aryl methyl sites for hydroxylation is 3. The van der Waals surface area contributed by atoms with Crippen LogP contribution in [0.4, 0.5) is 0 Å². The van der Waals surface area contributed by atoms with Crippen LogP contribution in [0.2, 0.25) is 5.02 Å². The van der Waals surface area contributed by atoms with Crippen LogP contribution in [0.15, 0.2) is 22.7 Å². The molecule has 0 radical (unpaired) electrons. The van der Waals surface area contributed by atoms with Crippen LogP contribution in [0.3, 0.4) is 0 Å². The van der Waals surface area contributed by atoms with Crippen LogP contribution in [-0.4, -0.2) is 20.8 Å². The highest BCUT2D eigenvalue weighted by Crippen LogP contribution is 2.26. The van der Waals surface area contributed by atoms with Crippen molar-refractivity contribution in [3.63, 3.8) is 0 Å². The van der Waals surface area contributed by atoms with E-state index < -0.39 is 0 Å². The zero-order valence-corrected chi connectivity index (χ0v) is 14.6. The first kappa shape index (κ1) is 16.5. The summed E-state index contributed by atoms with van der Waals surface area (Å²) in [4.78, 5) is 12.1. The van der Waals surface area contributed by atoms with Gasteiger partial charge in [0, 0.05) is 24.4 Å². The molecule has 1 amide bonds. The molecule has 0 spiro atoms. The Morgan fingerprint density at radius 2 is 2.17 bits per heavy atom. The molecule has 0 bridgehead atoms. The van der Waals surface area contributed by atoms with E-state index in [4.69, 9.17) is 16.1 Å². The number of aromatic nitrogens is 3. The molecule has 2 heterocycles. The van der Waals surface area contributed by atoms with E-state index in [2.05, 4.69) is 15.6 Å². The van der Waals surface area contributed by atoms with Gasteiger partial charge in [0.15, 0.2) is 0 Å². The maximum atomic E-state index is 12.1. The first-order chi connectivity index (χ1) is 11.5. The van der Waals surface area contributed by atoms with Gasteiger partial charge < -0.3 is 9.84 Å². The molecule has 3 rings (SSSR count). The molecule has 0 aliphatic rings.